The van der Waals surface area contributed by atoms with E-state index < -0.39 is 43.0 Å². The van der Waals surface area contributed by atoms with Gasteiger partial charge in [0.05, 0.1) is 5.56 Å². The molecular weight excluding hydrogens is 296 g/mol. The van der Waals surface area contributed by atoms with E-state index >= 15 is 0 Å². The first kappa shape index (κ1) is 15.3. The molecule has 1 heterocycles. The average Bonchev–Trinajstić information content (AvgIpc) is 2.83. The zero-order chi connectivity index (χ0) is 15.8. The highest BCUT2D eigenvalue weighted by Crippen LogP contribution is 2.28. The molecule has 0 aliphatic carbocycles. The summed E-state index contributed by atoms with van der Waals surface area (Å²) >= 11 is 0. The van der Waals surface area contributed by atoms with Crippen molar-refractivity contribution in [3.63, 3.8) is 0 Å². The Morgan fingerprint density at radius 1 is 1.00 bits per heavy atom. The van der Waals surface area contributed by atoms with Gasteiger partial charge >= 0.3 is 25.2 Å². The molecule has 21 heavy (non-hydrogen) atoms. The molecule has 0 radical (unpaired) electrons. The zero-order valence-corrected chi connectivity index (χ0v) is 10.2. The molecule has 2 N–H and O–H groups in total. The molecule has 1 aliphatic heterocycles. The molecule has 0 amide bonds. The molecule has 0 bridgehead atoms. The molecule has 1 aliphatic rings. The number of hydrogen-bond donors (Lipinski definition) is 2. The van der Waals surface area contributed by atoms with Crippen LogP contribution in [0.2, 0.25) is 0 Å². The Kier molecular flexibility index (Phi) is 3.92. The number of carboxylic acid groups (broad SMARTS) is 2. The Balaban J connectivity index is 2.20. The molecule has 2 rings (SSSR count). The van der Waals surface area contributed by atoms with Gasteiger partial charge < -0.3 is 19.5 Å². The van der Waals surface area contributed by atoms with Crippen molar-refractivity contribution in [3.8, 4) is 0 Å². The summed E-state index contributed by atoms with van der Waals surface area (Å²) in [6.45, 7) is 0. The van der Waals surface area contributed by atoms with Gasteiger partial charge in [-0.05, 0) is 5.46 Å². The number of hydrogen-bond acceptors (Lipinski definition) is 4. The molecule has 2 atom stereocenters. The standard InChI is InChI=1S/C11H8BF3O6/c13-11(14,15)5-1-3-6(4-2-5)12-20-7(9(16)17)8(21-12)10(18)19/h1-4,7-8H,(H,16,17)(H,18,19)/t7-,8-/m1/s1. The minimum Gasteiger partial charge on any atom is -0.479 e. The van der Waals surface area contributed by atoms with Crippen LogP contribution in [0.25, 0.3) is 0 Å². The van der Waals surface area contributed by atoms with Gasteiger partial charge in [-0.1, -0.05) is 24.3 Å². The fraction of sp³-hybridized carbons (Fsp3) is 0.273. The van der Waals surface area contributed by atoms with Crippen LogP contribution in [0.15, 0.2) is 24.3 Å². The first-order valence-electron chi connectivity index (χ1n) is 5.64. The summed E-state index contributed by atoms with van der Waals surface area (Å²) in [5, 5.41) is 17.7. The quantitative estimate of drug-likeness (QED) is 0.783. The Morgan fingerprint density at radius 3 is 1.76 bits per heavy atom. The van der Waals surface area contributed by atoms with E-state index in [-0.39, 0.29) is 5.46 Å². The molecule has 0 saturated carbocycles. The lowest BCUT2D eigenvalue weighted by molar-refractivity contribution is -0.156. The predicted octanol–water partition coefficient (Wildman–Crippen LogP) is 0.354. The van der Waals surface area contributed by atoms with Crippen LogP contribution in [0.4, 0.5) is 13.2 Å². The highest BCUT2D eigenvalue weighted by molar-refractivity contribution is 6.62. The third-order valence-corrected chi connectivity index (χ3v) is 2.81. The van der Waals surface area contributed by atoms with Gasteiger partial charge in [-0.15, -0.1) is 0 Å². The van der Waals surface area contributed by atoms with Crippen LogP contribution < -0.4 is 5.46 Å². The predicted molar refractivity (Wildman–Crippen MR) is 61.8 cm³/mol. The summed E-state index contributed by atoms with van der Waals surface area (Å²) in [5.74, 6) is -3.06. The third-order valence-electron chi connectivity index (χ3n) is 2.81. The van der Waals surface area contributed by atoms with Crippen molar-refractivity contribution in [3.05, 3.63) is 29.8 Å². The Labute approximate surface area is 116 Å². The lowest BCUT2D eigenvalue weighted by atomic mass is 9.79. The maximum atomic E-state index is 12.4. The minimum atomic E-state index is -4.51. The number of halogens is 3. The van der Waals surface area contributed by atoms with Crippen LogP contribution in [-0.4, -0.2) is 41.5 Å². The van der Waals surface area contributed by atoms with Crippen molar-refractivity contribution in [2.75, 3.05) is 0 Å². The summed E-state index contributed by atoms with van der Waals surface area (Å²) in [6.07, 6.45) is -7.96. The van der Waals surface area contributed by atoms with Crippen LogP contribution in [0.5, 0.6) is 0 Å². The van der Waals surface area contributed by atoms with Gasteiger partial charge in [0, 0.05) is 0 Å². The Bertz CT molecular complexity index is 536. The smallest absolute Gasteiger partial charge is 0.479 e. The first-order chi connectivity index (χ1) is 9.70. The van der Waals surface area contributed by atoms with Gasteiger partial charge in [0.25, 0.3) is 0 Å². The maximum absolute atomic E-state index is 12.4. The molecule has 6 nitrogen and oxygen atoms in total. The largest absolute Gasteiger partial charge is 0.495 e. The van der Waals surface area contributed by atoms with Crippen molar-refractivity contribution in [1.82, 2.24) is 0 Å². The number of carboxylic acids is 2. The van der Waals surface area contributed by atoms with E-state index in [1.807, 2.05) is 0 Å². The van der Waals surface area contributed by atoms with Gasteiger partial charge in [-0.2, -0.15) is 13.2 Å². The summed E-state index contributed by atoms with van der Waals surface area (Å²) in [7, 11) is -1.35. The normalized spacial score (nSPS) is 22.3. The molecule has 10 heteroatoms. The van der Waals surface area contributed by atoms with E-state index in [1.54, 1.807) is 0 Å². The second-order valence-corrected chi connectivity index (χ2v) is 4.24. The monoisotopic (exact) mass is 304 g/mol. The third kappa shape index (κ3) is 3.16. The fourth-order valence-electron chi connectivity index (χ4n) is 1.80. The van der Waals surface area contributed by atoms with Gasteiger partial charge in [0.15, 0.2) is 12.2 Å². The van der Waals surface area contributed by atoms with Crippen molar-refractivity contribution in [2.45, 2.75) is 18.4 Å². The van der Waals surface area contributed by atoms with E-state index in [4.69, 9.17) is 19.5 Å². The van der Waals surface area contributed by atoms with Crippen molar-refractivity contribution >= 4 is 24.5 Å². The second kappa shape index (κ2) is 5.37. The van der Waals surface area contributed by atoms with Crippen LogP contribution in [0.3, 0.4) is 0 Å². The van der Waals surface area contributed by atoms with Crippen molar-refractivity contribution in [1.29, 1.82) is 0 Å². The summed E-state index contributed by atoms with van der Waals surface area (Å²) in [5.41, 5.74) is -0.799. The Hall–Kier alpha value is -2.07. The number of carbonyl (C=O) groups is 2. The fourth-order valence-corrected chi connectivity index (χ4v) is 1.80. The number of aliphatic carboxylic acids is 2. The first-order valence-corrected chi connectivity index (χ1v) is 5.64. The van der Waals surface area contributed by atoms with E-state index in [0.29, 0.717) is 0 Å². The van der Waals surface area contributed by atoms with Crippen LogP contribution >= 0.6 is 0 Å². The van der Waals surface area contributed by atoms with Gasteiger partial charge in [0.1, 0.15) is 0 Å². The highest BCUT2D eigenvalue weighted by atomic mass is 19.4. The SMILES string of the molecule is O=C(O)[C@@H]1OB(c2ccc(C(F)(F)F)cc2)O[C@H]1C(=O)O. The molecule has 1 saturated heterocycles. The van der Waals surface area contributed by atoms with E-state index in [2.05, 4.69) is 0 Å². The number of alkyl halides is 3. The zero-order valence-electron chi connectivity index (χ0n) is 10.2. The van der Waals surface area contributed by atoms with E-state index in [9.17, 15) is 22.8 Å². The molecule has 1 fully saturated rings. The second-order valence-electron chi connectivity index (χ2n) is 4.24. The summed E-state index contributed by atoms with van der Waals surface area (Å²) in [4.78, 5) is 21.7. The lowest BCUT2D eigenvalue weighted by Gasteiger charge is -2.08. The van der Waals surface area contributed by atoms with E-state index in [0.717, 1.165) is 24.3 Å². The molecular formula is C11H8BF3O6. The number of benzene rings is 1. The summed E-state index contributed by atoms with van der Waals surface area (Å²) in [6, 6.07) is 3.62. The van der Waals surface area contributed by atoms with Gasteiger partial charge in [-0.3, -0.25) is 0 Å². The average molecular weight is 304 g/mol. The van der Waals surface area contributed by atoms with Crippen LogP contribution in [0.1, 0.15) is 5.56 Å². The molecule has 1 aromatic carbocycles. The molecule has 1 aromatic rings. The molecule has 0 unspecified atom stereocenters. The molecule has 112 valence electrons. The molecule has 0 spiro atoms. The van der Waals surface area contributed by atoms with Crippen molar-refractivity contribution < 1.29 is 42.3 Å². The van der Waals surface area contributed by atoms with Crippen LogP contribution in [-0.2, 0) is 25.1 Å². The maximum Gasteiger partial charge on any atom is 0.495 e. The Morgan fingerprint density at radius 2 is 1.43 bits per heavy atom. The topological polar surface area (TPSA) is 93.1 Å². The molecule has 0 aromatic heterocycles. The number of rotatable bonds is 3. The van der Waals surface area contributed by atoms with Crippen molar-refractivity contribution in [2.24, 2.45) is 0 Å². The summed E-state index contributed by atoms with van der Waals surface area (Å²) < 4.78 is 47.1. The highest BCUT2D eigenvalue weighted by Gasteiger charge is 2.48. The van der Waals surface area contributed by atoms with Gasteiger partial charge in [-0.25, -0.2) is 9.59 Å². The minimum absolute atomic E-state index is 0.0954. The lowest BCUT2D eigenvalue weighted by Crippen LogP contribution is -2.36. The van der Waals surface area contributed by atoms with E-state index in [1.165, 1.54) is 0 Å². The van der Waals surface area contributed by atoms with Gasteiger partial charge in [0.2, 0.25) is 0 Å². The van der Waals surface area contributed by atoms with Crippen LogP contribution in [0, 0.1) is 0 Å².